The van der Waals surface area contributed by atoms with Gasteiger partial charge in [-0.05, 0) is 30.2 Å². The van der Waals surface area contributed by atoms with Crippen LogP contribution in [0.2, 0.25) is 0 Å². The molecule has 0 aliphatic heterocycles. The molecule has 0 aliphatic carbocycles. The van der Waals surface area contributed by atoms with Crippen LogP contribution in [-0.2, 0) is 17.8 Å². The van der Waals surface area contributed by atoms with Gasteiger partial charge in [0, 0.05) is 5.69 Å². The smallest absolute Gasteiger partial charge is 0.139 e. The summed E-state index contributed by atoms with van der Waals surface area (Å²) >= 11 is -2.52. The molecule has 0 amide bonds. The van der Waals surface area contributed by atoms with Gasteiger partial charge in [0.1, 0.15) is 17.1 Å². The lowest BCUT2D eigenvalue weighted by molar-refractivity contribution is 0.440. The minimum atomic E-state index is -2.52. The average molecular weight is 200 g/mol. The largest absolute Gasteiger partial charge is 0.740 e. The molecule has 1 aromatic rings. The summed E-state index contributed by atoms with van der Waals surface area (Å²) in [6.45, 7) is 1.93. The van der Waals surface area contributed by atoms with Crippen LogP contribution in [0.3, 0.4) is 0 Å². The van der Waals surface area contributed by atoms with Crippen molar-refractivity contribution < 1.29 is 12.9 Å². The van der Waals surface area contributed by atoms with Crippen molar-refractivity contribution in [2.24, 2.45) is 0 Å². The minimum Gasteiger partial charge on any atom is -0.740 e. The van der Waals surface area contributed by atoms with Gasteiger partial charge in [-0.2, -0.15) is 0 Å². The molecule has 0 aromatic heterocycles. The highest BCUT2D eigenvalue weighted by atomic mass is 32.2. The summed E-state index contributed by atoms with van der Waals surface area (Å²) in [7, 11) is 0. The Bertz CT molecular complexity index is 327. The van der Waals surface area contributed by atoms with Gasteiger partial charge in [-0.3, -0.25) is 0 Å². The van der Waals surface area contributed by atoms with Gasteiger partial charge in [-0.25, -0.2) is 4.21 Å². The Balaban J connectivity index is 2.92. The zero-order chi connectivity index (χ0) is 9.84. The monoisotopic (exact) mass is 200 g/mol. The molecule has 1 unspecified atom stereocenters. The van der Waals surface area contributed by atoms with Crippen molar-refractivity contribution in [2.45, 2.75) is 13.3 Å². The van der Waals surface area contributed by atoms with Crippen molar-refractivity contribution in [1.82, 2.24) is 0 Å². The zero-order valence-electron chi connectivity index (χ0n) is 7.15. The standard InChI is InChI=1S/C8H11NO3S/c1-2-6-5-7(12-13(10)11)3-4-8(6)9/h3-5H,2,9H2,1H3,(H,10,11)/p-1. The molecule has 1 rings (SSSR count). The van der Waals surface area contributed by atoms with Gasteiger partial charge in [0.05, 0.1) is 0 Å². The van der Waals surface area contributed by atoms with Crippen molar-refractivity contribution >= 4 is 17.0 Å². The first kappa shape index (κ1) is 10.0. The third-order valence-electron chi connectivity index (χ3n) is 1.66. The van der Waals surface area contributed by atoms with Crippen molar-refractivity contribution in [3.05, 3.63) is 23.8 Å². The molecule has 4 nitrogen and oxygen atoms in total. The van der Waals surface area contributed by atoms with Gasteiger partial charge in [-0.15, -0.1) is 0 Å². The van der Waals surface area contributed by atoms with E-state index in [1.54, 1.807) is 12.1 Å². The molecule has 0 radical (unpaired) electrons. The molecular weight excluding hydrogens is 190 g/mol. The maximum Gasteiger partial charge on any atom is 0.139 e. The first-order chi connectivity index (χ1) is 6.13. The lowest BCUT2D eigenvalue weighted by Gasteiger charge is -2.09. The van der Waals surface area contributed by atoms with E-state index in [1.807, 2.05) is 6.92 Å². The highest BCUT2D eigenvalue weighted by Gasteiger charge is 1.99. The maximum absolute atomic E-state index is 10.2. The van der Waals surface area contributed by atoms with E-state index in [9.17, 15) is 8.76 Å². The molecule has 0 saturated heterocycles. The molecule has 72 valence electrons. The van der Waals surface area contributed by atoms with Crippen molar-refractivity contribution in [3.63, 3.8) is 0 Å². The van der Waals surface area contributed by atoms with Crippen LogP contribution in [0.4, 0.5) is 5.69 Å². The number of benzene rings is 1. The second kappa shape index (κ2) is 4.25. The molecular formula is C8H10NO3S-. The summed E-state index contributed by atoms with van der Waals surface area (Å²) in [4.78, 5) is 0. The SMILES string of the molecule is CCc1cc(OS(=O)[O-])ccc1N. The summed E-state index contributed by atoms with van der Waals surface area (Å²) in [6, 6.07) is 4.76. The van der Waals surface area contributed by atoms with Crippen molar-refractivity contribution in [2.75, 3.05) is 5.73 Å². The second-order valence-corrected chi connectivity index (χ2v) is 3.08. The number of aryl methyl sites for hydroxylation is 1. The Morgan fingerprint density at radius 2 is 2.31 bits per heavy atom. The van der Waals surface area contributed by atoms with Gasteiger partial charge in [0.25, 0.3) is 0 Å². The topological polar surface area (TPSA) is 75.4 Å². The van der Waals surface area contributed by atoms with Crippen LogP contribution >= 0.6 is 0 Å². The Hall–Kier alpha value is -1.07. The number of hydrogen-bond acceptors (Lipinski definition) is 4. The van der Waals surface area contributed by atoms with Crippen LogP contribution in [0.5, 0.6) is 5.75 Å². The van der Waals surface area contributed by atoms with E-state index in [4.69, 9.17) is 5.73 Å². The Morgan fingerprint density at radius 3 is 2.85 bits per heavy atom. The molecule has 0 saturated carbocycles. The van der Waals surface area contributed by atoms with Crippen LogP contribution in [0.25, 0.3) is 0 Å². The molecule has 0 fully saturated rings. The normalized spacial score (nSPS) is 12.5. The highest BCUT2D eigenvalue weighted by molar-refractivity contribution is 7.74. The molecule has 5 heteroatoms. The van der Waals surface area contributed by atoms with Gasteiger partial charge in [0.2, 0.25) is 0 Å². The Labute approximate surface area is 79.2 Å². The van der Waals surface area contributed by atoms with Gasteiger partial charge >= 0.3 is 0 Å². The van der Waals surface area contributed by atoms with Crippen LogP contribution in [0.1, 0.15) is 12.5 Å². The van der Waals surface area contributed by atoms with Crippen LogP contribution in [-0.4, -0.2) is 8.76 Å². The lowest BCUT2D eigenvalue weighted by atomic mass is 10.1. The summed E-state index contributed by atoms with van der Waals surface area (Å²) in [5, 5.41) is 0. The third-order valence-corrected chi connectivity index (χ3v) is 1.99. The van der Waals surface area contributed by atoms with Crippen LogP contribution in [0, 0.1) is 0 Å². The number of hydrogen-bond donors (Lipinski definition) is 1. The van der Waals surface area contributed by atoms with E-state index >= 15 is 0 Å². The Morgan fingerprint density at radius 1 is 1.62 bits per heavy atom. The minimum absolute atomic E-state index is 0.291. The molecule has 0 spiro atoms. The molecule has 0 heterocycles. The van der Waals surface area contributed by atoms with E-state index < -0.39 is 11.4 Å². The maximum atomic E-state index is 10.2. The van der Waals surface area contributed by atoms with E-state index in [1.165, 1.54) is 6.07 Å². The zero-order valence-corrected chi connectivity index (χ0v) is 7.97. The number of nitrogens with two attached hydrogens (primary N) is 1. The average Bonchev–Trinajstić information content (AvgIpc) is 2.07. The fourth-order valence-corrected chi connectivity index (χ4v) is 1.28. The molecule has 2 N–H and O–H groups in total. The van der Waals surface area contributed by atoms with Crippen LogP contribution < -0.4 is 9.92 Å². The number of nitrogen functional groups attached to an aromatic ring is 1. The Kier molecular flexibility index (Phi) is 3.27. The van der Waals surface area contributed by atoms with E-state index in [0.29, 0.717) is 11.4 Å². The predicted molar refractivity (Wildman–Crippen MR) is 49.8 cm³/mol. The van der Waals surface area contributed by atoms with E-state index in [2.05, 4.69) is 4.18 Å². The first-order valence-electron chi connectivity index (χ1n) is 3.79. The summed E-state index contributed by atoms with van der Waals surface area (Å²) in [5.41, 5.74) is 7.14. The van der Waals surface area contributed by atoms with Gasteiger partial charge in [0.15, 0.2) is 0 Å². The summed E-state index contributed by atoms with van der Waals surface area (Å²) in [5.74, 6) is 0.291. The predicted octanol–water partition coefficient (Wildman–Crippen LogP) is 1.00. The highest BCUT2D eigenvalue weighted by Crippen LogP contribution is 2.20. The van der Waals surface area contributed by atoms with Gasteiger partial charge in [-0.1, -0.05) is 6.92 Å². The van der Waals surface area contributed by atoms with Gasteiger partial charge < -0.3 is 14.5 Å². The fraction of sp³-hybridized carbons (Fsp3) is 0.250. The molecule has 0 bridgehead atoms. The lowest BCUT2D eigenvalue weighted by Crippen LogP contribution is -1.99. The summed E-state index contributed by atoms with van der Waals surface area (Å²) < 4.78 is 24.9. The number of anilines is 1. The summed E-state index contributed by atoms with van der Waals surface area (Å²) in [6.07, 6.45) is 0.745. The molecule has 1 aromatic carbocycles. The molecule has 0 aliphatic rings. The third kappa shape index (κ3) is 2.71. The van der Waals surface area contributed by atoms with Crippen molar-refractivity contribution in [3.8, 4) is 5.75 Å². The first-order valence-corrected chi connectivity index (χ1v) is 4.79. The number of rotatable bonds is 3. The molecule has 1 atom stereocenters. The second-order valence-electron chi connectivity index (χ2n) is 2.50. The fourth-order valence-electron chi connectivity index (χ4n) is 1.02. The van der Waals surface area contributed by atoms with E-state index in [0.717, 1.165) is 12.0 Å². The van der Waals surface area contributed by atoms with Crippen molar-refractivity contribution in [1.29, 1.82) is 0 Å². The van der Waals surface area contributed by atoms with Crippen LogP contribution in [0.15, 0.2) is 18.2 Å². The molecule has 13 heavy (non-hydrogen) atoms. The quantitative estimate of drug-likeness (QED) is 0.583. The van der Waals surface area contributed by atoms with E-state index in [-0.39, 0.29) is 0 Å².